The van der Waals surface area contributed by atoms with Gasteiger partial charge in [-0.05, 0) is 25.1 Å². The molecule has 1 saturated heterocycles. The van der Waals surface area contributed by atoms with Crippen LogP contribution in [0.25, 0.3) is 0 Å². The summed E-state index contributed by atoms with van der Waals surface area (Å²) in [6.45, 7) is 2.01. The molecule has 0 aromatic heterocycles. The molecule has 0 radical (unpaired) electrons. The molecule has 0 bridgehead atoms. The van der Waals surface area contributed by atoms with E-state index in [1.54, 1.807) is 14.2 Å². The summed E-state index contributed by atoms with van der Waals surface area (Å²) in [4.78, 5) is 2.24. The van der Waals surface area contributed by atoms with Gasteiger partial charge < -0.3 is 19.9 Å². The topological polar surface area (TPSA) is 57.0 Å². The van der Waals surface area contributed by atoms with Crippen LogP contribution in [0.1, 0.15) is 18.0 Å². The fourth-order valence-corrected chi connectivity index (χ4v) is 3.13. The Bertz CT molecular complexity index is 478. The molecule has 1 aliphatic rings. The highest BCUT2D eigenvalue weighted by molar-refractivity contribution is 6.33. The average Bonchev–Trinajstić information content (AvgIpc) is 3.03. The normalized spacial score (nSPS) is 19.8. The molecule has 1 fully saturated rings. The number of methoxy groups -OCH3 is 2. The number of halogens is 1. The highest BCUT2D eigenvalue weighted by Crippen LogP contribution is 2.41. The predicted molar refractivity (Wildman–Crippen MR) is 83.3 cm³/mol. The van der Waals surface area contributed by atoms with Crippen LogP contribution < -0.4 is 15.2 Å². The van der Waals surface area contributed by atoms with Crippen LogP contribution in [-0.2, 0) is 4.74 Å². The Morgan fingerprint density at radius 3 is 2.71 bits per heavy atom. The molecule has 2 unspecified atom stereocenters. The predicted octanol–water partition coefficient (Wildman–Crippen LogP) is 2.08. The monoisotopic (exact) mass is 314 g/mol. The van der Waals surface area contributed by atoms with Crippen molar-refractivity contribution in [1.29, 1.82) is 0 Å². The zero-order valence-electron chi connectivity index (χ0n) is 12.8. The van der Waals surface area contributed by atoms with Gasteiger partial charge in [-0.1, -0.05) is 17.7 Å². The van der Waals surface area contributed by atoms with Crippen LogP contribution in [0.4, 0.5) is 0 Å². The molecule has 2 N–H and O–H groups in total. The maximum Gasteiger partial charge on any atom is 0.179 e. The van der Waals surface area contributed by atoms with Crippen LogP contribution in [0, 0.1) is 0 Å². The fraction of sp³-hybridized carbons (Fsp3) is 0.600. The summed E-state index contributed by atoms with van der Waals surface area (Å²) in [6.07, 6.45) is 1.01. The van der Waals surface area contributed by atoms with Gasteiger partial charge in [0.1, 0.15) is 0 Å². The van der Waals surface area contributed by atoms with E-state index in [9.17, 15) is 0 Å². The fourth-order valence-electron chi connectivity index (χ4n) is 2.77. The second kappa shape index (κ2) is 7.31. The van der Waals surface area contributed by atoms with E-state index in [4.69, 9.17) is 31.5 Å². The number of ether oxygens (including phenoxy) is 3. The minimum Gasteiger partial charge on any atom is -0.493 e. The van der Waals surface area contributed by atoms with Crippen molar-refractivity contribution in [3.63, 3.8) is 0 Å². The van der Waals surface area contributed by atoms with Crippen molar-refractivity contribution in [1.82, 2.24) is 4.90 Å². The van der Waals surface area contributed by atoms with Crippen molar-refractivity contribution in [2.24, 2.45) is 5.73 Å². The molecule has 1 aromatic carbocycles. The molecule has 0 saturated carbocycles. The van der Waals surface area contributed by atoms with E-state index in [0.29, 0.717) is 29.1 Å². The number of nitrogens with zero attached hydrogens (tertiary/aromatic N) is 1. The van der Waals surface area contributed by atoms with Crippen molar-refractivity contribution < 1.29 is 14.2 Å². The zero-order valence-corrected chi connectivity index (χ0v) is 13.5. The van der Waals surface area contributed by atoms with Gasteiger partial charge in [0, 0.05) is 25.2 Å². The molecule has 2 atom stereocenters. The lowest BCUT2D eigenvalue weighted by Gasteiger charge is -2.32. The van der Waals surface area contributed by atoms with Gasteiger partial charge in [0.25, 0.3) is 0 Å². The largest absolute Gasteiger partial charge is 0.493 e. The summed E-state index contributed by atoms with van der Waals surface area (Å²) in [5.74, 6) is 1.17. The van der Waals surface area contributed by atoms with Gasteiger partial charge in [0.05, 0.1) is 25.8 Å². The quantitative estimate of drug-likeness (QED) is 0.871. The molecule has 2 rings (SSSR count). The molecular weight excluding hydrogens is 292 g/mol. The first-order valence-corrected chi connectivity index (χ1v) is 7.42. The summed E-state index contributed by atoms with van der Waals surface area (Å²) < 4.78 is 16.1. The van der Waals surface area contributed by atoms with E-state index in [2.05, 4.69) is 11.9 Å². The lowest BCUT2D eigenvalue weighted by molar-refractivity contribution is 0.134. The van der Waals surface area contributed by atoms with Crippen molar-refractivity contribution >= 4 is 11.6 Å². The SMILES string of the molecule is COc1ccc(C(CN)N(C)C2CCOC2)c(Cl)c1OC. The van der Waals surface area contributed by atoms with Gasteiger partial charge in [0.2, 0.25) is 0 Å². The van der Waals surface area contributed by atoms with E-state index in [1.165, 1.54) is 0 Å². The highest BCUT2D eigenvalue weighted by atomic mass is 35.5. The van der Waals surface area contributed by atoms with Crippen molar-refractivity contribution in [3.05, 3.63) is 22.7 Å². The smallest absolute Gasteiger partial charge is 0.179 e. The van der Waals surface area contributed by atoms with Crippen LogP contribution in [-0.4, -0.2) is 52.0 Å². The summed E-state index contributed by atoms with van der Waals surface area (Å²) >= 11 is 6.50. The zero-order chi connectivity index (χ0) is 15.4. The molecule has 0 spiro atoms. The van der Waals surface area contributed by atoms with Gasteiger partial charge in [0.15, 0.2) is 11.5 Å². The molecule has 0 aliphatic carbocycles. The third-order valence-electron chi connectivity index (χ3n) is 4.07. The number of hydrogen-bond acceptors (Lipinski definition) is 5. The summed E-state index contributed by atoms with van der Waals surface area (Å²) in [5.41, 5.74) is 6.94. The van der Waals surface area contributed by atoms with E-state index in [-0.39, 0.29) is 6.04 Å². The molecule has 1 aliphatic heterocycles. The maximum absolute atomic E-state index is 6.50. The summed E-state index contributed by atoms with van der Waals surface area (Å²) in [5, 5.41) is 0.554. The molecule has 1 heterocycles. The molecular formula is C15H23ClN2O3. The maximum atomic E-state index is 6.50. The Labute approximate surface area is 130 Å². The van der Waals surface area contributed by atoms with Gasteiger partial charge in [-0.15, -0.1) is 0 Å². The minimum atomic E-state index is 0.0176. The van der Waals surface area contributed by atoms with Crippen LogP contribution in [0.3, 0.4) is 0 Å². The molecule has 6 heteroatoms. The molecule has 21 heavy (non-hydrogen) atoms. The number of nitrogens with two attached hydrogens (primary N) is 1. The van der Waals surface area contributed by atoms with E-state index < -0.39 is 0 Å². The first kappa shape index (κ1) is 16.4. The third kappa shape index (κ3) is 3.26. The average molecular weight is 315 g/mol. The van der Waals surface area contributed by atoms with Crippen LogP contribution in [0.2, 0.25) is 5.02 Å². The number of rotatable bonds is 6. The molecule has 5 nitrogen and oxygen atoms in total. The van der Waals surface area contributed by atoms with E-state index in [0.717, 1.165) is 25.2 Å². The van der Waals surface area contributed by atoms with Gasteiger partial charge in [-0.3, -0.25) is 4.90 Å². The standard InChI is InChI=1S/C15H23ClN2O3/c1-18(10-6-7-21-9-10)12(8-17)11-4-5-13(19-2)15(20-3)14(11)16/h4-5,10,12H,6-9,17H2,1-3H3. The lowest BCUT2D eigenvalue weighted by Crippen LogP contribution is -2.39. The lowest BCUT2D eigenvalue weighted by atomic mass is 10.0. The Balaban J connectivity index is 2.33. The van der Waals surface area contributed by atoms with Gasteiger partial charge >= 0.3 is 0 Å². The van der Waals surface area contributed by atoms with Crippen molar-refractivity contribution in [3.8, 4) is 11.5 Å². The molecule has 0 amide bonds. The summed E-state index contributed by atoms with van der Waals surface area (Å²) in [6, 6.07) is 4.20. The van der Waals surface area contributed by atoms with E-state index >= 15 is 0 Å². The Morgan fingerprint density at radius 1 is 1.43 bits per heavy atom. The first-order valence-electron chi connectivity index (χ1n) is 7.04. The highest BCUT2D eigenvalue weighted by Gasteiger charge is 2.29. The van der Waals surface area contributed by atoms with Crippen molar-refractivity contribution in [2.75, 3.05) is 41.0 Å². The van der Waals surface area contributed by atoms with Crippen LogP contribution in [0.15, 0.2) is 12.1 Å². The van der Waals surface area contributed by atoms with Crippen LogP contribution in [0.5, 0.6) is 11.5 Å². The Kier molecular flexibility index (Phi) is 5.70. The first-order chi connectivity index (χ1) is 10.1. The third-order valence-corrected chi connectivity index (χ3v) is 4.46. The Hall–Kier alpha value is -1.01. The van der Waals surface area contributed by atoms with Crippen molar-refractivity contribution in [2.45, 2.75) is 18.5 Å². The minimum absolute atomic E-state index is 0.0176. The summed E-state index contributed by atoms with van der Waals surface area (Å²) in [7, 11) is 5.24. The Morgan fingerprint density at radius 2 is 2.19 bits per heavy atom. The number of hydrogen-bond donors (Lipinski definition) is 1. The van der Waals surface area contributed by atoms with Gasteiger partial charge in [-0.2, -0.15) is 0 Å². The molecule has 1 aromatic rings. The number of benzene rings is 1. The van der Waals surface area contributed by atoms with E-state index in [1.807, 2.05) is 12.1 Å². The molecule has 118 valence electrons. The van der Waals surface area contributed by atoms with Gasteiger partial charge in [-0.25, -0.2) is 0 Å². The second-order valence-corrected chi connectivity index (χ2v) is 5.52. The van der Waals surface area contributed by atoms with Crippen LogP contribution >= 0.6 is 11.6 Å². The second-order valence-electron chi connectivity index (χ2n) is 5.14. The number of likely N-dealkylation sites (N-methyl/N-ethyl adjacent to an activating group) is 1.